The monoisotopic (exact) mass is 422 g/mol. The molecule has 2 aromatic rings. The number of amides is 2. The fourth-order valence-electron chi connectivity index (χ4n) is 3.37. The van der Waals surface area contributed by atoms with Crippen LogP contribution in [0.3, 0.4) is 0 Å². The minimum absolute atomic E-state index is 0.134. The molecule has 0 saturated carbocycles. The second-order valence-electron chi connectivity index (χ2n) is 6.92. The molecule has 0 radical (unpaired) electrons. The van der Waals surface area contributed by atoms with Gasteiger partial charge in [-0.25, -0.2) is 9.89 Å². The van der Waals surface area contributed by atoms with Gasteiger partial charge >= 0.3 is 0 Å². The third-order valence-corrected chi connectivity index (χ3v) is 6.25. The van der Waals surface area contributed by atoms with E-state index in [-0.39, 0.29) is 11.8 Å². The summed E-state index contributed by atoms with van der Waals surface area (Å²) in [5.41, 5.74) is 2.18. The van der Waals surface area contributed by atoms with E-state index in [1.165, 1.54) is 16.7 Å². The van der Waals surface area contributed by atoms with Crippen LogP contribution >= 0.6 is 11.8 Å². The number of benzene rings is 2. The zero-order chi connectivity index (χ0) is 21.3. The van der Waals surface area contributed by atoms with Crippen molar-refractivity contribution in [1.29, 1.82) is 0 Å². The number of fused-ring (bicyclic) bond motifs is 3. The van der Waals surface area contributed by atoms with Crippen LogP contribution in [0.5, 0.6) is 5.75 Å². The second kappa shape index (κ2) is 8.31. The Morgan fingerprint density at radius 1 is 1.23 bits per heavy atom. The minimum Gasteiger partial charge on any atom is -0.495 e. The second-order valence-corrected chi connectivity index (χ2v) is 8.09. The minimum atomic E-state index is -0.473. The van der Waals surface area contributed by atoms with Crippen molar-refractivity contribution in [3.05, 3.63) is 54.1 Å². The summed E-state index contributed by atoms with van der Waals surface area (Å²) in [6.45, 7) is 3.70. The number of nitrogens with one attached hydrogen (secondary N) is 1. The molecular formula is C22H22N4O3S. The van der Waals surface area contributed by atoms with Crippen molar-refractivity contribution in [3.8, 4) is 5.75 Å². The molecular weight excluding hydrogens is 400 g/mol. The zero-order valence-electron chi connectivity index (χ0n) is 17.0. The summed E-state index contributed by atoms with van der Waals surface area (Å²) in [5.74, 6) is 0.880. The predicted molar refractivity (Wildman–Crippen MR) is 120 cm³/mol. The molecule has 2 aromatic carbocycles. The number of para-hydroxylation sites is 3. The first-order chi connectivity index (χ1) is 14.5. The van der Waals surface area contributed by atoms with Crippen LogP contribution in [0.15, 0.2) is 58.5 Å². The maximum atomic E-state index is 13.0. The zero-order valence-corrected chi connectivity index (χ0v) is 17.8. The highest BCUT2D eigenvalue weighted by molar-refractivity contribution is 8.15. The number of aliphatic imine (C=N–C) groups is 2. The lowest BCUT2D eigenvalue weighted by molar-refractivity contribution is -0.124. The van der Waals surface area contributed by atoms with E-state index >= 15 is 0 Å². The lowest BCUT2D eigenvalue weighted by Crippen LogP contribution is -2.42. The van der Waals surface area contributed by atoms with E-state index in [2.05, 4.69) is 15.3 Å². The van der Waals surface area contributed by atoms with Crippen LogP contribution in [0.1, 0.15) is 25.8 Å². The van der Waals surface area contributed by atoms with Gasteiger partial charge < -0.3 is 10.1 Å². The van der Waals surface area contributed by atoms with E-state index in [4.69, 9.17) is 4.74 Å². The first kappa shape index (κ1) is 20.2. The van der Waals surface area contributed by atoms with Gasteiger partial charge in [-0.2, -0.15) is 0 Å². The van der Waals surface area contributed by atoms with Crippen LogP contribution < -0.4 is 10.1 Å². The summed E-state index contributed by atoms with van der Waals surface area (Å²) in [5, 5.41) is 2.96. The molecule has 0 aromatic heterocycles. The lowest BCUT2D eigenvalue weighted by Gasteiger charge is -2.27. The van der Waals surface area contributed by atoms with Gasteiger partial charge in [0.25, 0.3) is 5.91 Å². The van der Waals surface area contributed by atoms with Gasteiger partial charge in [-0.05, 0) is 37.6 Å². The highest BCUT2D eigenvalue weighted by Gasteiger charge is 2.40. The number of hydrogen-bond donors (Lipinski definition) is 1. The Morgan fingerprint density at radius 3 is 2.73 bits per heavy atom. The number of methoxy groups -OCH3 is 1. The van der Waals surface area contributed by atoms with E-state index in [1.807, 2.05) is 43.3 Å². The van der Waals surface area contributed by atoms with Crippen molar-refractivity contribution in [2.24, 2.45) is 9.98 Å². The predicted octanol–water partition coefficient (Wildman–Crippen LogP) is 3.82. The number of nitrogens with zero attached hydrogens (tertiary/aromatic N) is 3. The number of anilines is 1. The molecule has 0 bridgehead atoms. The average molecular weight is 423 g/mol. The van der Waals surface area contributed by atoms with Gasteiger partial charge in [-0.3, -0.25) is 14.6 Å². The molecule has 0 spiro atoms. The number of amidine groups is 2. The molecule has 154 valence electrons. The normalized spacial score (nSPS) is 18.2. The van der Waals surface area contributed by atoms with Crippen LogP contribution in [-0.4, -0.2) is 46.1 Å². The molecule has 2 aliphatic heterocycles. The SMILES string of the molecule is CC[C@H](SC1=Nc2ccccc2C2=N[C@@H](C)C(=O)N12)C(=O)Nc1ccccc1OC. The van der Waals surface area contributed by atoms with Gasteiger partial charge in [0.05, 0.1) is 23.7 Å². The Morgan fingerprint density at radius 2 is 1.97 bits per heavy atom. The molecule has 2 aliphatic rings. The molecule has 0 unspecified atom stereocenters. The number of rotatable bonds is 5. The van der Waals surface area contributed by atoms with Crippen LogP contribution in [0.4, 0.5) is 11.4 Å². The standard InChI is InChI=1S/C22H22N4O3S/c1-4-18(20(27)24-16-11-7-8-12-17(16)29-3)30-22-25-15-10-6-5-9-14(15)19-23-13(2)21(28)26(19)22/h5-13,18H,4H2,1-3H3,(H,24,27)/t13-,18-/m0/s1. The van der Waals surface area contributed by atoms with Crippen molar-refractivity contribution in [2.75, 3.05) is 12.4 Å². The number of carbonyl (C=O) groups is 2. The molecule has 1 N–H and O–H groups in total. The maximum absolute atomic E-state index is 13.0. The van der Waals surface area contributed by atoms with Crippen molar-refractivity contribution in [1.82, 2.24) is 4.90 Å². The van der Waals surface area contributed by atoms with Crippen LogP contribution in [0.2, 0.25) is 0 Å². The van der Waals surface area contributed by atoms with E-state index < -0.39 is 11.3 Å². The summed E-state index contributed by atoms with van der Waals surface area (Å²) < 4.78 is 5.32. The smallest absolute Gasteiger partial charge is 0.258 e. The van der Waals surface area contributed by atoms with Crippen LogP contribution in [0.25, 0.3) is 0 Å². The van der Waals surface area contributed by atoms with Gasteiger partial charge in [0, 0.05) is 5.56 Å². The molecule has 2 amide bonds. The first-order valence-corrected chi connectivity index (χ1v) is 10.6. The summed E-state index contributed by atoms with van der Waals surface area (Å²) in [6.07, 6.45) is 0.566. The molecule has 7 nitrogen and oxygen atoms in total. The van der Waals surface area contributed by atoms with Crippen molar-refractivity contribution in [3.63, 3.8) is 0 Å². The molecule has 2 atom stereocenters. The Hall–Kier alpha value is -3.13. The van der Waals surface area contributed by atoms with E-state index in [0.717, 1.165) is 11.3 Å². The molecule has 8 heteroatoms. The number of ether oxygens (including phenoxy) is 1. The van der Waals surface area contributed by atoms with Crippen molar-refractivity contribution in [2.45, 2.75) is 31.6 Å². The van der Waals surface area contributed by atoms with Gasteiger partial charge in [0.1, 0.15) is 17.6 Å². The summed E-state index contributed by atoms with van der Waals surface area (Å²) >= 11 is 1.27. The number of carbonyl (C=O) groups excluding carboxylic acids is 2. The van der Waals surface area contributed by atoms with Gasteiger partial charge in [0.15, 0.2) is 5.17 Å². The quantitative estimate of drug-likeness (QED) is 0.794. The van der Waals surface area contributed by atoms with Crippen LogP contribution in [0, 0.1) is 0 Å². The van der Waals surface area contributed by atoms with E-state index in [0.29, 0.717) is 28.9 Å². The Balaban J connectivity index is 1.61. The summed E-state index contributed by atoms with van der Waals surface area (Å²) in [6, 6.07) is 14.4. The Bertz CT molecular complexity index is 1070. The molecule has 2 heterocycles. The number of thioether (sulfide) groups is 1. The van der Waals surface area contributed by atoms with Gasteiger partial charge in [-0.1, -0.05) is 43.0 Å². The van der Waals surface area contributed by atoms with Crippen molar-refractivity contribution < 1.29 is 14.3 Å². The Labute approximate surface area is 179 Å². The van der Waals surface area contributed by atoms with Gasteiger partial charge in [-0.15, -0.1) is 0 Å². The van der Waals surface area contributed by atoms with Crippen LogP contribution in [-0.2, 0) is 9.59 Å². The van der Waals surface area contributed by atoms with E-state index in [9.17, 15) is 9.59 Å². The summed E-state index contributed by atoms with van der Waals surface area (Å²) in [4.78, 5) is 36.5. The average Bonchev–Trinajstić information content (AvgIpc) is 3.07. The van der Waals surface area contributed by atoms with E-state index in [1.54, 1.807) is 26.2 Å². The third kappa shape index (κ3) is 3.59. The number of hydrogen-bond acceptors (Lipinski definition) is 6. The largest absolute Gasteiger partial charge is 0.495 e. The fourth-order valence-corrected chi connectivity index (χ4v) is 4.39. The molecule has 30 heavy (non-hydrogen) atoms. The topological polar surface area (TPSA) is 83.4 Å². The highest BCUT2D eigenvalue weighted by atomic mass is 32.2. The molecule has 4 rings (SSSR count). The Kier molecular flexibility index (Phi) is 5.59. The van der Waals surface area contributed by atoms with Gasteiger partial charge in [0.2, 0.25) is 5.91 Å². The third-order valence-electron chi connectivity index (χ3n) is 4.93. The molecule has 0 saturated heterocycles. The first-order valence-electron chi connectivity index (χ1n) is 9.74. The highest BCUT2D eigenvalue weighted by Crippen LogP contribution is 2.35. The molecule has 0 fully saturated rings. The maximum Gasteiger partial charge on any atom is 0.258 e. The lowest BCUT2D eigenvalue weighted by atomic mass is 10.1. The summed E-state index contributed by atoms with van der Waals surface area (Å²) in [7, 11) is 1.56. The molecule has 0 aliphatic carbocycles. The fraction of sp³-hybridized carbons (Fsp3) is 0.273. The van der Waals surface area contributed by atoms with Crippen molar-refractivity contribution >= 4 is 46.0 Å².